The fourth-order valence-electron chi connectivity index (χ4n) is 3.53. The largest absolute Gasteiger partial charge is 0.420 e. The molecule has 26 heavy (non-hydrogen) atoms. The van der Waals surface area contributed by atoms with E-state index < -0.39 is 0 Å². The molecule has 3 N–H and O–H groups in total. The Hall–Kier alpha value is -3.33. The number of pyridine rings is 1. The van der Waals surface area contributed by atoms with Crippen LogP contribution in [0.25, 0.3) is 10.9 Å². The highest BCUT2D eigenvalue weighted by Crippen LogP contribution is 2.44. The minimum atomic E-state index is -0.317. The number of unbranched alkanes of at least 4 members (excludes halogenated alkanes) is 1. The number of ether oxygens (including phenoxy) is 1. The van der Waals surface area contributed by atoms with Gasteiger partial charge in [0.2, 0.25) is 11.8 Å². The number of nitrogens with two attached hydrogens (primary N) is 1. The van der Waals surface area contributed by atoms with E-state index in [9.17, 15) is 5.26 Å². The molecule has 1 aliphatic heterocycles. The highest BCUT2D eigenvalue weighted by molar-refractivity contribution is 5.84. The molecule has 6 nitrogen and oxygen atoms in total. The van der Waals surface area contributed by atoms with E-state index in [4.69, 9.17) is 10.5 Å². The number of hydrogen-bond acceptors (Lipinski definition) is 5. The number of aromatic nitrogens is 3. The molecule has 0 bridgehead atoms. The van der Waals surface area contributed by atoms with Gasteiger partial charge in [-0.15, -0.1) is 5.10 Å². The molecule has 1 atom stereocenters. The second kappa shape index (κ2) is 6.52. The molecule has 0 saturated carbocycles. The lowest BCUT2D eigenvalue weighted by Crippen LogP contribution is -2.21. The Morgan fingerprint density at radius 3 is 2.96 bits per heavy atom. The van der Waals surface area contributed by atoms with Gasteiger partial charge >= 0.3 is 0 Å². The molecule has 0 radical (unpaired) electrons. The number of aromatic amines is 1. The number of allylic oxidation sites excluding steroid dienone is 1. The van der Waals surface area contributed by atoms with Crippen LogP contribution < -0.4 is 10.5 Å². The van der Waals surface area contributed by atoms with Crippen LogP contribution in [0.3, 0.4) is 0 Å². The Labute approximate surface area is 151 Å². The third kappa shape index (κ3) is 2.49. The summed E-state index contributed by atoms with van der Waals surface area (Å²) in [6, 6.07) is 12.1. The first-order chi connectivity index (χ1) is 12.7. The minimum absolute atomic E-state index is 0.111. The van der Waals surface area contributed by atoms with E-state index >= 15 is 0 Å². The van der Waals surface area contributed by atoms with E-state index in [0.29, 0.717) is 11.5 Å². The number of nitriles is 1. The van der Waals surface area contributed by atoms with E-state index in [0.717, 1.165) is 47.0 Å². The SMILES string of the molecule is CCCCc1[nH]nc2c1[C@@H](c1ccnc3ccccc13)C(C#N)=C(N)O2. The van der Waals surface area contributed by atoms with Crippen LogP contribution in [0.1, 0.15) is 42.5 Å². The second-order valence-electron chi connectivity index (χ2n) is 6.37. The first kappa shape index (κ1) is 16.2. The molecule has 2 aromatic heterocycles. The summed E-state index contributed by atoms with van der Waals surface area (Å²) in [7, 11) is 0. The Morgan fingerprint density at radius 1 is 1.31 bits per heavy atom. The standard InChI is InChI=1S/C20H19N5O/c1-2-3-7-16-18-17(14(11-21)19(22)26-20(18)25-24-16)13-9-10-23-15-8-5-4-6-12(13)15/h4-6,8-10,17H,2-3,7,22H2,1H3,(H,24,25)/t17-/m0/s1. The van der Waals surface area contributed by atoms with E-state index in [1.165, 1.54) is 0 Å². The van der Waals surface area contributed by atoms with Crippen LogP contribution in [-0.2, 0) is 6.42 Å². The quantitative estimate of drug-likeness (QED) is 0.753. The van der Waals surface area contributed by atoms with Crippen LogP contribution in [0.5, 0.6) is 5.88 Å². The molecule has 1 aliphatic rings. The fraction of sp³-hybridized carbons (Fsp3) is 0.250. The molecular weight excluding hydrogens is 326 g/mol. The number of hydrogen-bond donors (Lipinski definition) is 2. The zero-order valence-electron chi connectivity index (χ0n) is 14.5. The van der Waals surface area contributed by atoms with Crippen molar-refractivity contribution in [1.82, 2.24) is 15.2 Å². The lowest BCUT2D eigenvalue weighted by Gasteiger charge is -2.25. The van der Waals surface area contributed by atoms with Crippen LogP contribution in [0.2, 0.25) is 0 Å². The van der Waals surface area contributed by atoms with Gasteiger partial charge in [-0.1, -0.05) is 31.5 Å². The van der Waals surface area contributed by atoms with Gasteiger partial charge in [0.15, 0.2) is 0 Å². The smallest absolute Gasteiger partial charge is 0.244 e. The van der Waals surface area contributed by atoms with Gasteiger partial charge in [-0.3, -0.25) is 10.1 Å². The maximum absolute atomic E-state index is 9.78. The van der Waals surface area contributed by atoms with Crippen molar-refractivity contribution in [3.05, 3.63) is 64.8 Å². The molecule has 0 amide bonds. The fourth-order valence-corrected chi connectivity index (χ4v) is 3.53. The summed E-state index contributed by atoms with van der Waals surface area (Å²) in [6.45, 7) is 2.14. The molecule has 130 valence electrons. The van der Waals surface area contributed by atoms with Crippen molar-refractivity contribution < 1.29 is 4.74 Å². The van der Waals surface area contributed by atoms with Gasteiger partial charge in [0, 0.05) is 22.8 Å². The Bertz CT molecular complexity index is 1040. The summed E-state index contributed by atoms with van der Waals surface area (Å²) in [5.74, 6) is 0.250. The van der Waals surface area contributed by atoms with Gasteiger partial charge in [-0.2, -0.15) is 5.26 Å². The molecule has 4 rings (SSSR count). The number of rotatable bonds is 4. The summed E-state index contributed by atoms with van der Waals surface area (Å²) in [5.41, 5.74) is 10.2. The molecule has 0 aliphatic carbocycles. The number of para-hydroxylation sites is 1. The molecule has 0 spiro atoms. The van der Waals surface area contributed by atoms with Crippen molar-refractivity contribution in [3.63, 3.8) is 0 Å². The molecule has 1 aromatic carbocycles. The van der Waals surface area contributed by atoms with Gasteiger partial charge in [0.1, 0.15) is 11.6 Å². The van der Waals surface area contributed by atoms with Crippen molar-refractivity contribution in [1.29, 1.82) is 5.26 Å². The normalized spacial score (nSPS) is 16.2. The lowest BCUT2D eigenvalue weighted by molar-refractivity contribution is 0.379. The Kier molecular flexibility index (Phi) is 4.05. The van der Waals surface area contributed by atoms with Gasteiger partial charge in [0.25, 0.3) is 0 Å². The zero-order valence-corrected chi connectivity index (χ0v) is 14.5. The highest BCUT2D eigenvalue weighted by atomic mass is 16.5. The van der Waals surface area contributed by atoms with E-state index in [1.54, 1.807) is 6.20 Å². The summed E-state index contributed by atoms with van der Waals surface area (Å²) in [6.07, 6.45) is 4.71. The summed E-state index contributed by atoms with van der Waals surface area (Å²) >= 11 is 0. The zero-order chi connectivity index (χ0) is 18.1. The van der Waals surface area contributed by atoms with Crippen molar-refractivity contribution in [3.8, 4) is 11.9 Å². The third-order valence-electron chi connectivity index (χ3n) is 4.79. The number of H-pyrrole nitrogens is 1. The van der Waals surface area contributed by atoms with E-state index in [-0.39, 0.29) is 11.8 Å². The first-order valence-electron chi connectivity index (χ1n) is 8.73. The minimum Gasteiger partial charge on any atom is -0.420 e. The average Bonchev–Trinajstić information content (AvgIpc) is 3.07. The van der Waals surface area contributed by atoms with E-state index in [2.05, 4.69) is 28.2 Å². The molecule has 6 heteroatoms. The van der Waals surface area contributed by atoms with Crippen molar-refractivity contribution in [2.75, 3.05) is 0 Å². The molecule has 3 aromatic rings. The number of nitrogens with zero attached hydrogens (tertiary/aromatic N) is 3. The van der Waals surface area contributed by atoms with Crippen molar-refractivity contribution in [2.45, 2.75) is 32.1 Å². The number of aryl methyl sites for hydroxylation is 1. The third-order valence-corrected chi connectivity index (χ3v) is 4.79. The monoisotopic (exact) mass is 345 g/mol. The maximum atomic E-state index is 9.78. The van der Waals surface area contributed by atoms with Gasteiger partial charge in [-0.25, -0.2) is 0 Å². The summed E-state index contributed by atoms with van der Waals surface area (Å²) < 4.78 is 5.64. The predicted octanol–water partition coefficient (Wildman–Crippen LogP) is 3.52. The van der Waals surface area contributed by atoms with Crippen molar-refractivity contribution in [2.24, 2.45) is 5.73 Å². The second-order valence-corrected chi connectivity index (χ2v) is 6.37. The molecule has 3 heterocycles. The number of benzene rings is 1. The predicted molar refractivity (Wildman–Crippen MR) is 98.2 cm³/mol. The summed E-state index contributed by atoms with van der Waals surface area (Å²) in [5, 5.41) is 18.2. The van der Waals surface area contributed by atoms with Gasteiger partial charge in [-0.05, 0) is 30.5 Å². The van der Waals surface area contributed by atoms with Crippen LogP contribution >= 0.6 is 0 Å². The first-order valence-corrected chi connectivity index (χ1v) is 8.73. The highest BCUT2D eigenvalue weighted by Gasteiger charge is 2.35. The summed E-state index contributed by atoms with van der Waals surface area (Å²) in [4.78, 5) is 4.44. The van der Waals surface area contributed by atoms with Gasteiger partial charge in [0.05, 0.1) is 11.4 Å². The molecule has 0 unspecified atom stereocenters. The number of nitrogens with one attached hydrogen (secondary N) is 1. The van der Waals surface area contributed by atoms with E-state index in [1.807, 2.05) is 30.3 Å². The number of fused-ring (bicyclic) bond motifs is 2. The van der Waals surface area contributed by atoms with Crippen LogP contribution in [0.4, 0.5) is 0 Å². The molecule has 0 fully saturated rings. The van der Waals surface area contributed by atoms with Crippen molar-refractivity contribution >= 4 is 10.9 Å². The maximum Gasteiger partial charge on any atom is 0.244 e. The molecular formula is C20H19N5O. The topological polar surface area (TPSA) is 101 Å². The average molecular weight is 345 g/mol. The lowest BCUT2D eigenvalue weighted by atomic mass is 9.82. The Balaban J connectivity index is 1.96. The van der Waals surface area contributed by atoms with Crippen LogP contribution in [0, 0.1) is 11.3 Å². The molecule has 0 saturated heterocycles. The van der Waals surface area contributed by atoms with Crippen LogP contribution in [-0.4, -0.2) is 15.2 Å². The van der Waals surface area contributed by atoms with Crippen LogP contribution in [0.15, 0.2) is 48.0 Å². The van der Waals surface area contributed by atoms with Gasteiger partial charge < -0.3 is 10.5 Å². The Morgan fingerprint density at radius 2 is 2.15 bits per heavy atom.